The van der Waals surface area contributed by atoms with Gasteiger partial charge in [0.1, 0.15) is 0 Å². The molecule has 1 amide bonds. The fourth-order valence-electron chi connectivity index (χ4n) is 2.44. The predicted octanol–water partition coefficient (Wildman–Crippen LogP) is 4.39. The first-order chi connectivity index (χ1) is 12.6. The maximum atomic E-state index is 12.4. The van der Waals surface area contributed by atoms with Crippen molar-refractivity contribution < 1.29 is 13.2 Å². The lowest BCUT2D eigenvalue weighted by Gasteiger charge is -2.21. The van der Waals surface area contributed by atoms with E-state index >= 15 is 0 Å². The summed E-state index contributed by atoms with van der Waals surface area (Å²) in [5.41, 5.74) is 1.55. The second-order valence-corrected chi connectivity index (χ2v) is 9.84. The van der Waals surface area contributed by atoms with E-state index < -0.39 is 15.9 Å². The first-order valence-corrected chi connectivity index (χ1v) is 11.4. The van der Waals surface area contributed by atoms with Gasteiger partial charge in [-0.15, -0.1) is 0 Å². The minimum atomic E-state index is -3.60. The van der Waals surface area contributed by atoms with Crippen molar-refractivity contribution in [2.45, 2.75) is 19.5 Å². The molecular formula is C18H19BrCl2N2O3S. The molecule has 0 saturated carbocycles. The van der Waals surface area contributed by atoms with Crippen molar-refractivity contribution in [1.29, 1.82) is 0 Å². The summed E-state index contributed by atoms with van der Waals surface area (Å²) in [6, 6.07) is 12.1. The van der Waals surface area contributed by atoms with E-state index in [-0.39, 0.29) is 19.1 Å². The van der Waals surface area contributed by atoms with Crippen LogP contribution in [0.5, 0.6) is 0 Å². The molecule has 1 N–H and O–H groups in total. The molecule has 0 spiro atoms. The van der Waals surface area contributed by atoms with E-state index in [9.17, 15) is 13.2 Å². The summed E-state index contributed by atoms with van der Waals surface area (Å²) >= 11 is 15.3. The van der Waals surface area contributed by atoms with Crippen LogP contribution < -0.4 is 5.32 Å². The van der Waals surface area contributed by atoms with Gasteiger partial charge in [0.25, 0.3) is 0 Å². The first-order valence-electron chi connectivity index (χ1n) is 8.00. The highest BCUT2D eigenvalue weighted by atomic mass is 79.9. The Morgan fingerprint density at radius 3 is 2.48 bits per heavy atom. The Kier molecular flexibility index (Phi) is 7.71. The molecule has 1 atom stereocenters. The van der Waals surface area contributed by atoms with Crippen molar-refractivity contribution in [3.63, 3.8) is 0 Å². The molecule has 146 valence electrons. The number of nitrogens with one attached hydrogen (secondary N) is 1. The molecule has 2 aromatic carbocycles. The van der Waals surface area contributed by atoms with Crippen molar-refractivity contribution in [2.24, 2.45) is 0 Å². The molecular weight excluding hydrogens is 475 g/mol. The molecule has 0 saturated heterocycles. The van der Waals surface area contributed by atoms with Gasteiger partial charge in [-0.2, -0.15) is 4.31 Å². The van der Waals surface area contributed by atoms with E-state index in [1.165, 1.54) is 0 Å². The quantitative estimate of drug-likeness (QED) is 0.621. The van der Waals surface area contributed by atoms with Crippen LogP contribution in [0, 0.1) is 0 Å². The number of carbonyl (C=O) groups excluding carboxylic acids is 1. The van der Waals surface area contributed by atoms with Gasteiger partial charge in [-0.05, 0) is 42.3 Å². The standard InChI is InChI=1S/C18H19BrCl2N2O3S/c1-12(14-4-3-5-15(19)9-14)22-18(24)11-23(27(2,25)26)10-13-6-7-16(20)17(21)8-13/h3-9,12H,10-11H2,1-2H3,(H,22,24)/t12-/m0/s1. The molecule has 0 radical (unpaired) electrons. The lowest BCUT2D eigenvalue weighted by Crippen LogP contribution is -2.40. The Hall–Kier alpha value is -1.12. The topological polar surface area (TPSA) is 66.5 Å². The minimum absolute atomic E-state index is 0.0222. The van der Waals surface area contributed by atoms with E-state index in [0.29, 0.717) is 15.6 Å². The van der Waals surface area contributed by atoms with E-state index in [4.69, 9.17) is 23.2 Å². The third-order valence-corrected chi connectivity index (χ3v) is 6.29. The summed E-state index contributed by atoms with van der Waals surface area (Å²) < 4.78 is 26.2. The van der Waals surface area contributed by atoms with Crippen molar-refractivity contribution in [1.82, 2.24) is 9.62 Å². The number of hydrogen-bond donors (Lipinski definition) is 1. The SMILES string of the molecule is C[C@H](NC(=O)CN(Cc1ccc(Cl)c(Cl)c1)S(C)(=O)=O)c1cccc(Br)c1. The van der Waals surface area contributed by atoms with E-state index in [1.54, 1.807) is 18.2 Å². The van der Waals surface area contributed by atoms with Crippen LogP contribution in [0.3, 0.4) is 0 Å². The number of amides is 1. The Labute approximate surface area is 177 Å². The second-order valence-electron chi connectivity index (χ2n) is 6.12. The lowest BCUT2D eigenvalue weighted by molar-refractivity contribution is -0.122. The average Bonchev–Trinajstić information content (AvgIpc) is 2.56. The van der Waals surface area contributed by atoms with Gasteiger partial charge in [0.2, 0.25) is 15.9 Å². The molecule has 0 aliphatic rings. The molecule has 0 bridgehead atoms. The third-order valence-electron chi connectivity index (χ3n) is 3.86. The molecule has 0 aromatic heterocycles. The molecule has 0 aliphatic heterocycles. The zero-order valence-corrected chi connectivity index (χ0v) is 18.7. The Bertz CT molecular complexity index is 938. The molecule has 5 nitrogen and oxygen atoms in total. The minimum Gasteiger partial charge on any atom is -0.348 e. The number of hydrogen-bond acceptors (Lipinski definition) is 3. The van der Waals surface area contributed by atoms with Crippen molar-refractivity contribution in [2.75, 3.05) is 12.8 Å². The molecule has 27 heavy (non-hydrogen) atoms. The number of rotatable bonds is 7. The maximum Gasteiger partial charge on any atom is 0.235 e. The van der Waals surface area contributed by atoms with Gasteiger partial charge < -0.3 is 5.32 Å². The summed E-state index contributed by atoms with van der Waals surface area (Å²) in [6.07, 6.45) is 1.07. The lowest BCUT2D eigenvalue weighted by atomic mass is 10.1. The summed E-state index contributed by atoms with van der Waals surface area (Å²) in [7, 11) is -3.60. The number of halogens is 3. The van der Waals surface area contributed by atoms with Gasteiger partial charge in [0, 0.05) is 11.0 Å². The normalized spacial score (nSPS) is 12.8. The van der Waals surface area contributed by atoms with Crippen LogP contribution in [0.15, 0.2) is 46.9 Å². The van der Waals surface area contributed by atoms with Gasteiger partial charge in [-0.1, -0.05) is 57.3 Å². The van der Waals surface area contributed by atoms with Crippen LogP contribution in [0.25, 0.3) is 0 Å². The van der Waals surface area contributed by atoms with E-state index in [1.807, 2.05) is 31.2 Å². The zero-order valence-electron chi connectivity index (χ0n) is 14.7. The summed E-state index contributed by atoms with van der Waals surface area (Å²) in [5.74, 6) is -0.395. The Balaban J connectivity index is 2.09. The summed E-state index contributed by atoms with van der Waals surface area (Å²) in [4.78, 5) is 12.4. The summed E-state index contributed by atoms with van der Waals surface area (Å²) in [5, 5.41) is 3.53. The van der Waals surface area contributed by atoms with E-state index in [2.05, 4.69) is 21.2 Å². The third kappa shape index (κ3) is 6.76. The molecule has 0 aliphatic carbocycles. The molecule has 2 rings (SSSR count). The predicted molar refractivity (Wildman–Crippen MR) is 112 cm³/mol. The highest BCUT2D eigenvalue weighted by Gasteiger charge is 2.22. The molecule has 9 heteroatoms. The van der Waals surface area contributed by atoms with Gasteiger partial charge in [0.05, 0.1) is 28.9 Å². The average molecular weight is 494 g/mol. The molecule has 2 aromatic rings. The van der Waals surface area contributed by atoms with Crippen LogP contribution in [-0.4, -0.2) is 31.4 Å². The zero-order chi connectivity index (χ0) is 20.2. The Morgan fingerprint density at radius 2 is 1.89 bits per heavy atom. The molecule has 0 unspecified atom stereocenters. The number of sulfonamides is 1. The summed E-state index contributed by atoms with van der Waals surface area (Å²) in [6.45, 7) is 1.56. The number of benzene rings is 2. The monoisotopic (exact) mass is 492 g/mol. The van der Waals surface area contributed by atoms with Gasteiger partial charge in [0.15, 0.2) is 0 Å². The second kappa shape index (κ2) is 9.39. The van der Waals surface area contributed by atoms with Gasteiger partial charge >= 0.3 is 0 Å². The largest absolute Gasteiger partial charge is 0.348 e. The highest BCUT2D eigenvalue weighted by Crippen LogP contribution is 2.24. The Morgan fingerprint density at radius 1 is 1.19 bits per heavy atom. The fraction of sp³-hybridized carbons (Fsp3) is 0.278. The molecule has 0 fully saturated rings. The first kappa shape index (κ1) is 22.2. The van der Waals surface area contributed by atoms with Crippen LogP contribution in [-0.2, 0) is 21.4 Å². The maximum absolute atomic E-state index is 12.4. The van der Waals surface area contributed by atoms with Crippen LogP contribution in [0.2, 0.25) is 10.0 Å². The van der Waals surface area contributed by atoms with Crippen LogP contribution >= 0.6 is 39.1 Å². The number of carbonyl (C=O) groups is 1. The van der Waals surface area contributed by atoms with E-state index in [0.717, 1.165) is 20.6 Å². The molecule has 0 heterocycles. The van der Waals surface area contributed by atoms with Crippen molar-refractivity contribution >= 4 is 55.1 Å². The van der Waals surface area contributed by atoms with Gasteiger partial charge in [-0.3, -0.25) is 4.79 Å². The van der Waals surface area contributed by atoms with Crippen LogP contribution in [0.1, 0.15) is 24.1 Å². The number of nitrogens with zero attached hydrogens (tertiary/aromatic N) is 1. The fourth-order valence-corrected chi connectivity index (χ4v) is 3.91. The van der Waals surface area contributed by atoms with Crippen molar-refractivity contribution in [3.8, 4) is 0 Å². The van der Waals surface area contributed by atoms with Crippen molar-refractivity contribution in [3.05, 3.63) is 68.1 Å². The van der Waals surface area contributed by atoms with Gasteiger partial charge in [-0.25, -0.2) is 8.42 Å². The highest BCUT2D eigenvalue weighted by molar-refractivity contribution is 9.10. The van der Waals surface area contributed by atoms with Crippen LogP contribution in [0.4, 0.5) is 0 Å². The smallest absolute Gasteiger partial charge is 0.235 e.